The molecule has 32 heavy (non-hydrogen) atoms. The largest absolute Gasteiger partial charge is 0.496 e. The fourth-order valence-electron chi connectivity index (χ4n) is 4.59. The second-order valence-electron chi connectivity index (χ2n) is 9.76. The van der Waals surface area contributed by atoms with Gasteiger partial charge in [0, 0.05) is 18.4 Å². The second-order valence-corrected chi connectivity index (χ2v) is 9.76. The zero-order chi connectivity index (χ0) is 23.2. The third kappa shape index (κ3) is 6.12. The summed E-state index contributed by atoms with van der Waals surface area (Å²) >= 11 is 0. The Morgan fingerprint density at radius 2 is 1.62 bits per heavy atom. The lowest BCUT2D eigenvalue weighted by molar-refractivity contribution is -0.156. The molecule has 0 atom stereocenters. The average Bonchev–Trinajstić information content (AvgIpc) is 2.78. The minimum atomic E-state index is -0.456. The lowest BCUT2D eigenvalue weighted by atomic mass is 9.66. The van der Waals surface area contributed by atoms with Crippen LogP contribution in [0.5, 0.6) is 5.75 Å². The van der Waals surface area contributed by atoms with Gasteiger partial charge in [-0.15, -0.1) is 0 Å². The highest BCUT2D eigenvalue weighted by Gasteiger charge is 2.38. The maximum absolute atomic E-state index is 12.9. The van der Waals surface area contributed by atoms with Crippen molar-refractivity contribution in [2.45, 2.75) is 63.9 Å². The van der Waals surface area contributed by atoms with Crippen molar-refractivity contribution in [3.8, 4) is 5.75 Å². The van der Waals surface area contributed by atoms with E-state index in [9.17, 15) is 9.59 Å². The van der Waals surface area contributed by atoms with E-state index in [0.29, 0.717) is 30.2 Å². The fourth-order valence-corrected chi connectivity index (χ4v) is 4.59. The number of esters is 1. The number of carbonyl (C=O) groups excluding carboxylic acids is 2. The van der Waals surface area contributed by atoms with Gasteiger partial charge >= 0.3 is 5.97 Å². The van der Waals surface area contributed by atoms with Crippen molar-refractivity contribution in [3.05, 3.63) is 65.7 Å². The Morgan fingerprint density at radius 3 is 2.25 bits per heavy atom. The fraction of sp³-hybridized carbons (Fsp3) is 0.481. The Balaban J connectivity index is 1.69. The molecule has 172 valence electrons. The zero-order valence-corrected chi connectivity index (χ0v) is 19.6. The number of rotatable bonds is 7. The van der Waals surface area contributed by atoms with E-state index in [1.165, 1.54) is 5.56 Å². The molecule has 2 aromatic rings. The van der Waals surface area contributed by atoms with Crippen LogP contribution in [0, 0.1) is 5.92 Å². The molecule has 0 heterocycles. The van der Waals surface area contributed by atoms with Crippen LogP contribution in [0.15, 0.2) is 54.6 Å². The van der Waals surface area contributed by atoms with E-state index in [0.717, 1.165) is 25.7 Å². The Morgan fingerprint density at radius 1 is 1.00 bits per heavy atom. The first-order valence-electron chi connectivity index (χ1n) is 11.4. The van der Waals surface area contributed by atoms with Crippen LogP contribution >= 0.6 is 0 Å². The van der Waals surface area contributed by atoms with Crippen LogP contribution in [0.2, 0.25) is 0 Å². The molecule has 1 saturated carbocycles. The normalized spacial score (nSPS) is 20.9. The van der Waals surface area contributed by atoms with Crippen molar-refractivity contribution in [2.24, 2.45) is 5.92 Å². The summed E-state index contributed by atoms with van der Waals surface area (Å²) in [5.41, 5.74) is 1.17. The topological polar surface area (TPSA) is 64.6 Å². The molecule has 1 amide bonds. The molecule has 1 aliphatic rings. The third-order valence-corrected chi connectivity index (χ3v) is 6.26. The number of carbonyl (C=O) groups is 2. The summed E-state index contributed by atoms with van der Waals surface area (Å²) in [7, 11) is 1.57. The van der Waals surface area contributed by atoms with Crippen molar-refractivity contribution in [1.82, 2.24) is 5.32 Å². The van der Waals surface area contributed by atoms with Crippen molar-refractivity contribution in [1.29, 1.82) is 0 Å². The van der Waals surface area contributed by atoms with Crippen molar-refractivity contribution in [2.75, 3.05) is 13.7 Å². The van der Waals surface area contributed by atoms with Gasteiger partial charge in [-0.2, -0.15) is 0 Å². The van der Waals surface area contributed by atoms with Crippen LogP contribution in [0.4, 0.5) is 0 Å². The van der Waals surface area contributed by atoms with Crippen molar-refractivity contribution >= 4 is 11.9 Å². The van der Waals surface area contributed by atoms with Gasteiger partial charge in [-0.3, -0.25) is 9.59 Å². The molecule has 5 nitrogen and oxygen atoms in total. The lowest BCUT2D eigenvalue weighted by Gasteiger charge is -2.41. The van der Waals surface area contributed by atoms with E-state index in [1.807, 2.05) is 51.1 Å². The summed E-state index contributed by atoms with van der Waals surface area (Å²) in [6.07, 6.45) is 4.14. The zero-order valence-electron chi connectivity index (χ0n) is 19.6. The Kier molecular flexibility index (Phi) is 7.60. The standard InChI is InChI=1S/C27H35NO4/c1-26(2,3)32-24(29)18-20-14-16-27(17-15-20,21-10-6-5-7-11-21)19-28-25(30)22-12-8-9-13-23(22)31-4/h5-13,20H,14-19H2,1-4H3,(H,28,30). The summed E-state index contributed by atoms with van der Waals surface area (Å²) in [6.45, 7) is 6.25. The van der Waals surface area contributed by atoms with E-state index in [-0.39, 0.29) is 17.3 Å². The minimum Gasteiger partial charge on any atom is -0.496 e. The summed E-state index contributed by atoms with van der Waals surface area (Å²) in [4.78, 5) is 25.2. The van der Waals surface area contributed by atoms with Gasteiger partial charge in [0.1, 0.15) is 11.4 Å². The molecule has 0 aromatic heterocycles. The number of nitrogens with one attached hydrogen (secondary N) is 1. The van der Waals surface area contributed by atoms with Crippen LogP contribution in [0.1, 0.15) is 68.8 Å². The highest BCUT2D eigenvalue weighted by molar-refractivity contribution is 5.97. The van der Waals surface area contributed by atoms with Crippen LogP contribution in [0.3, 0.4) is 0 Å². The van der Waals surface area contributed by atoms with Crippen LogP contribution in [-0.2, 0) is 14.9 Å². The van der Waals surface area contributed by atoms with Gasteiger partial charge in [-0.05, 0) is 70.1 Å². The van der Waals surface area contributed by atoms with E-state index in [1.54, 1.807) is 19.2 Å². The first kappa shape index (κ1) is 23.8. The highest BCUT2D eigenvalue weighted by atomic mass is 16.6. The second kappa shape index (κ2) is 10.2. The predicted octanol–water partition coefficient (Wildman–Crippen LogP) is 5.29. The number of methoxy groups -OCH3 is 1. The molecular formula is C27H35NO4. The van der Waals surface area contributed by atoms with Crippen LogP contribution < -0.4 is 10.1 Å². The molecule has 5 heteroatoms. The number of para-hydroxylation sites is 1. The summed E-state index contributed by atoms with van der Waals surface area (Å²) in [5, 5.41) is 3.16. The minimum absolute atomic E-state index is 0.126. The molecule has 1 fully saturated rings. The quantitative estimate of drug-likeness (QED) is 0.598. The van der Waals surface area contributed by atoms with E-state index in [4.69, 9.17) is 9.47 Å². The monoisotopic (exact) mass is 437 g/mol. The molecule has 0 aliphatic heterocycles. The highest BCUT2D eigenvalue weighted by Crippen LogP contribution is 2.42. The Bertz CT molecular complexity index is 909. The summed E-state index contributed by atoms with van der Waals surface area (Å²) < 4.78 is 10.9. The molecule has 0 bridgehead atoms. The summed E-state index contributed by atoms with van der Waals surface area (Å²) in [5.74, 6) is 0.624. The first-order chi connectivity index (χ1) is 15.2. The smallest absolute Gasteiger partial charge is 0.306 e. The van der Waals surface area contributed by atoms with E-state index >= 15 is 0 Å². The Labute approximate surface area is 191 Å². The van der Waals surface area contributed by atoms with Gasteiger partial charge in [0.2, 0.25) is 0 Å². The van der Waals surface area contributed by atoms with Gasteiger partial charge < -0.3 is 14.8 Å². The van der Waals surface area contributed by atoms with Gasteiger partial charge in [0.05, 0.1) is 12.7 Å². The van der Waals surface area contributed by atoms with Crippen molar-refractivity contribution < 1.29 is 19.1 Å². The number of hydrogen-bond acceptors (Lipinski definition) is 4. The van der Waals surface area contributed by atoms with Crippen LogP contribution in [0.25, 0.3) is 0 Å². The summed E-state index contributed by atoms with van der Waals surface area (Å²) in [6, 6.07) is 17.7. The molecule has 2 aromatic carbocycles. The number of benzene rings is 2. The Hall–Kier alpha value is -2.82. The molecule has 1 N–H and O–H groups in total. The number of amides is 1. The maximum atomic E-state index is 12.9. The molecule has 0 unspecified atom stereocenters. The maximum Gasteiger partial charge on any atom is 0.306 e. The molecule has 1 aliphatic carbocycles. The van der Waals surface area contributed by atoms with Gasteiger partial charge in [0.15, 0.2) is 0 Å². The van der Waals surface area contributed by atoms with Crippen molar-refractivity contribution in [3.63, 3.8) is 0 Å². The third-order valence-electron chi connectivity index (χ3n) is 6.26. The number of ether oxygens (including phenoxy) is 2. The van der Waals surface area contributed by atoms with Gasteiger partial charge in [-0.25, -0.2) is 0 Å². The van der Waals surface area contributed by atoms with E-state index in [2.05, 4.69) is 17.4 Å². The lowest BCUT2D eigenvalue weighted by Crippen LogP contribution is -2.43. The average molecular weight is 438 g/mol. The molecular weight excluding hydrogens is 402 g/mol. The van der Waals surface area contributed by atoms with E-state index < -0.39 is 5.60 Å². The van der Waals surface area contributed by atoms with Crippen LogP contribution in [-0.4, -0.2) is 31.1 Å². The molecule has 0 spiro atoms. The SMILES string of the molecule is COc1ccccc1C(=O)NCC1(c2ccccc2)CCC(CC(=O)OC(C)(C)C)CC1. The number of hydrogen-bond donors (Lipinski definition) is 1. The molecule has 0 radical (unpaired) electrons. The van der Waals surface area contributed by atoms with Gasteiger partial charge in [0.25, 0.3) is 5.91 Å². The van der Waals surface area contributed by atoms with Gasteiger partial charge in [-0.1, -0.05) is 42.5 Å². The molecule has 3 rings (SSSR count). The predicted molar refractivity (Wildman–Crippen MR) is 126 cm³/mol. The molecule has 0 saturated heterocycles. The first-order valence-corrected chi connectivity index (χ1v) is 11.4.